The van der Waals surface area contributed by atoms with Crippen molar-refractivity contribution in [3.63, 3.8) is 0 Å². The number of hydrogen-bond acceptors (Lipinski definition) is 6. The lowest BCUT2D eigenvalue weighted by molar-refractivity contribution is -0.120. The Labute approximate surface area is 187 Å². The number of fused-ring (bicyclic) bond motifs is 1. The van der Waals surface area contributed by atoms with Crippen molar-refractivity contribution < 1.29 is 14.3 Å². The molecule has 0 atom stereocenters. The van der Waals surface area contributed by atoms with Crippen molar-refractivity contribution in [3.05, 3.63) is 53.6 Å². The van der Waals surface area contributed by atoms with E-state index in [1.807, 2.05) is 37.3 Å². The summed E-state index contributed by atoms with van der Waals surface area (Å²) in [5, 5.41) is 0.737. The monoisotopic (exact) mass is 439 g/mol. The van der Waals surface area contributed by atoms with Crippen LogP contribution in [0.15, 0.2) is 42.5 Å². The van der Waals surface area contributed by atoms with Gasteiger partial charge in [-0.3, -0.25) is 14.6 Å². The van der Waals surface area contributed by atoms with Crippen molar-refractivity contribution in [1.29, 1.82) is 0 Å². The van der Waals surface area contributed by atoms with Crippen LogP contribution in [0, 0.1) is 13.8 Å². The van der Waals surface area contributed by atoms with Gasteiger partial charge in [-0.05, 0) is 49.6 Å². The molecule has 0 bridgehead atoms. The fourth-order valence-corrected chi connectivity index (χ4v) is 4.78. The molecule has 7 heteroatoms. The van der Waals surface area contributed by atoms with Gasteiger partial charge in [-0.15, -0.1) is 0 Å². The van der Waals surface area contributed by atoms with Crippen LogP contribution in [0.4, 0.5) is 5.13 Å². The predicted molar refractivity (Wildman–Crippen MR) is 125 cm³/mol. The van der Waals surface area contributed by atoms with Gasteiger partial charge in [0.15, 0.2) is 11.7 Å². The summed E-state index contributed by atoms with van der Waals surface area (Å²) in [5.41, 5.74) is 3.14. The molecule has 164 valence electrons. The topological polar surface area (TPSA) is 54.9 Å². The van der Waals surface area contributed by atoms with E-state index in [0.717, 1.165) is 65.9 Å². The minimum atomic E-state index is -0.0685. The van der Waals surface area contributed by atoms with E-state index < -0.39 is 0 Å². The summed E-state index contributed by atoms with van der Waals surface area (Å²) in [5.74, 6) is 0.671. The highest BCUT2D eigenvalue weighted by Crippen LogP contribution is 2.30. The first-order chi connectivity index (χ1) is 15.1. The van der Waals surface area contributed by atoms with Gasteiger partial charge in [0.2, 0.25) is 0 Å². The second-order valence-corrected chi connectivity index (χ2v) is 8.88. The zero-order chi connectivity index (χ0) is 21.6. The Morgan fingerprint density at radius 1 is 1.19 bits per heavy atom. The summed E-state index contributed by atoms with van der Waals surface area (Å²) in [6, 6.07) is 14.0. The van der Waals surface area contributed by atoms with Crippen LogP contribution in [-0.2, 0) is 9.53 Å². The first-order valence-electron chi connectivity index (χ1n) is 10.8. The molecule has 6 nitrogen and oxygen atoms in total. The summed E-state index contributed by atoms with van der Waals surface area (Å²) < 4.78 is 12.4. The van der Waals surface area contributed by atoms with Crippen molar-refractivity contribution >= 4 is 32.6 Å². The lowest BCUT2D eigenvalue weighted by Gasteiger charge is -2.27. The molecule has 1 aromatic heterocycles. The zero-order valence-electron chi connectivity index (χ0n) is 18.2. The molecule has 1 aliphatic heterocycles. The molecule has 0 spiro atoms. The average Bonchev–Trinajstić information content (AvgIpc) is 3.19. The molecule has 0 saturated carbocycles. The minimum absolute atomic E-state index is 0.00262. The number of benzene rings is 2. The second kappa shape index (κ2) is 10.2. The molecule has 31 heavy (non-hydrogen) atoms. The van der Waals surface area contributed by atoms with Gasteiger partial charge >= 0.3 is 0 Å². The van der Waals surface area contributed by atoms with E-state index in [4.69, 9.17) is 14.5 Å². The third kappa shape index (κ3) is 5.61. The number of thiazole rings is 1. The minimum Gasteiger partial charge on any atom is -0.483 e. The third-order valence-electron chi connectivity index (χ3n) is 5.47. The van der Waals surface area contributed by atoms with E-state index in [9.17, 15) is 4.79 Å². The largest absolute Gasteiger partial charge is 0.483 e. The summed E-state index contributed by atoms with van der Waals surface area (Å²) >= 11 is 1.56. The maximum absolute atomic E-state index is 13.2. The SMILES string of the molecule is Cc1ccc2nc(N(CCCN3CCOCC3)C(=O)COc3ccccc3C)sc2c1. The second-order valence-electron chi connectivity index (χ2n) is 7.87. The molecular weight excluding hydrogens is 410 g/mol. The molecule has 3 aromatic rings. The molecule has 1 aliphatic rings. The quantitative estimate of drug-likeness (QED) is 0.530. The number of anilines is 1. The Balaban J connectivity index is 1.47. The highest BCUT2D eigenvalue weighted by molar-refractivity contribution is 7.22. The Hall–Kier alpha value is -2.48. The fourth-order valence-electron chi connectivity index (χ4n) is 3.68. The van der Waals surface area contributed by atoms with Gasteiger partial charge in [-0.2, -0.15) is 0 Å². The molecule has 0 N–H and O–H groups in total. The van der Waals surface area contributed by atoms with Gasteiger partial charge in [0.25, 0.3) is 5.91 Å². The van der Waals surface area contributed by atoms with Crippen molar-refractivity contribution in [2.45, 2.75) is 20.3 Å². The summed E-state index contributed by atoms with van der Waals surface area (Å²) in [4.78, 5) is 22.1. The molecule has 1 saturated heterocycles. The molecule has 2 aromatic carbocycles. The number of rotatable bonds is 8. The molecular formula is C24H29N3O3S. The number of nitrogens with zero attached hydrogens (tertiary/aromatic N) is 3. The molecule has 0 aliphatic carbocycles. The van der Waals surface area contributed by atoms with E-state index in [0.29, 0.717) is 6.54 Å². The summed E-state index contributed by atoms with van der Waals surface area (Å²) in [6.07, 6.45) is 0.880. The highest BCUT2D eigenvalue weighted by atomic mass is 32.1. The van der Waals surface area contributed by atoms with Gasteiger partial charge in [-0.1, -0.05) is 35.6 Å². The highest BCUT2D eigenvalue weighted by Gasteiger charge is 2.21. The Morgan fingerprint density at radius 3 is 2.81 bits per heavy atom. The van der Waals surface area contributed by atoms with Crippen LogP contribution >= 0.6 is 11.3 Å². The Morgan fingerprint density at radius 2 is 2.00 bits per heavy atom. The van der Waals surface area contributed by atoms with Crippen LogP contribution in [0.2, 0.25) is 0 Å². The zero-order valence-corrected chi connectivity index (χ0v) is 19.0. The lowest BCUT2D eigenvalue weighted by atomic mass is 10.2. The predicted octanol–water partition coefficient (Wildman–Crippen LogP) is 4.05. The van der Waals surface area contributed by atoms with Gasteiger partial charge in [0.05, 0.1) is 23.4 Å². The summed E-state index contributed by atoms with van der Waals surface area (Å²) in [6.45, 7) is 9.07. The van der Waals surface area contributed by atoms with Crippen LogP contribution in [0.5, 0.6) is 5.75 Å². The van der Waals surface area contributed by atoms with Crippen LogP contribution in [0.3, 0.4) is 0 Å². The molecule has 0 radical (unpaired) electrons. The number of ether oxygens (including phenoxy) is 2. The van der Waals surface area contributed by atoms with Crippen molar-refractivity contribution in [2.75, 3.05) is 50.9 Å². The number of amides is 1. The lowest BCUT2D eigenvalue weighted by Crippen LogP contribution is -2.40. The number of hydrogen-bond donors (Lipinski definition) is 0. The Kier molecular flexibility index (Phi) is 7.17. The van der Waals surface area contributed by atoms with Crippen molar-refractivity contribution in [1.82, 2.24) is 9.88 Å². The number of aryl methyl sites for hydroxylation is 2. The third-order valence-corrected chi connectivity index (χ3v) is 6.51. The Bertz CT molecular complexity index is 1030. The standard InChI is InChI=1S/C24H29N3O3S/c1-18-8-9-20-22(16-18)31-24(25-20)27(11-5-10-26-12-14-29-15-13-26)23(28)17-30-21-7-4-3-6-19(21)2/h3-4,6-9,16H,5,10-15,17H2,1-2H3. The normalized spacial score (nSPS) is 14.6. The number of carbonyl (C=O) groups excluding carboxylic acids is 1. The van der Waals surface area contributed by atoms with Crippen LogP contribution in [0.1, 0.15) is 17.5 Å². The van der Waals surface area contributed by atoms with Crippen molar-refractivity contribution in [3.8, 4) is 5.75 Å². The van der Waals surface area contributed by atoms with Gasteiger partial charge in [0.1, 0.15) is 5.75 Å². The molecule has 4 rings (SSSR count). The first kappa shape index (κ1) is 21.7. The van der Waals surface area contributed by atoms with E-state index in [1.165, 1.54) is 5.56 Å². The number of morpholine rings is 1. The number of para-hydroxylation sites is 1. The number of carbonyl (C=O) groups is 1. The van der Waals surface area contributed by atoms with E-state index in [1.54, 1.807) is 16.2 Å². The average molecular weight is 440 g/mol. The fraction of sp³-hybridized carbons (Fsp3) is 0.417. The molecule has 0 unspecified atom stereocenters. The number of aromatic nitrogens is 1. The van der Waals surface area contributed by atoms with Gasteiger partial charge in [0, 0.05) is 26.2 Å². The maximum atomic E-state index is 13.2. The smallest absolute Gasteiger partial charge is 0.266 e. The molecule has 1 amide bonds. The molecule has 2 heterocycles. The van der Waals surface area contributed by atoms with Crippen LogP contribution < -0.4 is 9.64 Å². The van der Waals surface area contributed by atoms with E-state index >= 15 is 0 Å². The van der Waals surface area contributed by atoms with Gasteiger partial charge in [-0.25, -0.2) is 4.98 Å². The van der Waals surface area contributed by atoms with E-state index in [-0.39, 0.29) is 12.5 Å². The van der Waals surface area contributed by atoms with Crippen molar-refractivity contribution in [2.24, 2.45) is 0 Å². The van der Waals surface area contributed by atoms with Crippen LogP contribution in [0.25, 0.3) is 10.2 Å². The maximum Gasteiger partial charge on any atom is 0.266 e. The summed E-state index contributed by atoms with van der Waals surface area (Å²) in [7, 11) is 0. The van der Waals surface area contributed by atoms with E-state index in [2.05, 4.69) is 24.0 Å². The van der Waals surface area contributed by atoms with Gasteiger partial charge < -0.3 is 9.47 Å². The first-order valence-corrected chi connectivity index (χ1v) is 11.6. The van der Waals surface area contributed by atoms with Crippen LogP contribution in [-0.4, -0.2) is 61.8 Å². The molecule has 1 fully saturated rings.